The third-order valence-electron chi connectivity index (χ3n) is 5.81. The van der Waals surface area contributed by atoms with Crippen molar-refractivity contribution < 1.29 is 14.7 Å². The molecule has 0 saturated carbocycles. The van der Waals surface area contributed by atoms with Gasteiger partial charge in [0.05, 0.1) is 13.0 Å². The van der Waals surface area contributed by atoms with Crippen LogP contribution < -0.4 is 0 Å². The molecule has 1 N–H and O–H groups in total. The van der Waals surface area contributed by atoms with Crippen molar-refractivity contribution >= 4 is 11.8 Å². The van der Waals surface area contributed by atoms with Crippen LogP contribution in [0.4, 0.5) is 0 Å². The summed E-state index contributed by atoms with van der Waals surface area (Å²) >= 11 is 0. The maximum absolute atomic E-state index is 12.7. The Balaban J connectivity index is 1.58. The van der Waals surface area contributed by atoms with Gasteiger partial charge in [0.1, 0.15) is 0 Å². The van der Waals surface area contributed by atoms with Crippen LogP contribution in [0.2, 0.25) is 0 Å². The van der Waals surface area contributed by atoms with E-state index in [1.54, 1.807) is 0 Å². The molecule has 2 fully saturated rings. The lowest BCUT2D eigenvalue weighted by molar-refractivity contribution is -0.144. The van der Waals surface area contributed by atoms with E-state index in [1.165, 1.54) is 0 Å². The van der Waals surface area contributed by atoms with Crippen LogP contribution >= 0.6 is 0 Å². The summed E-state index contributed by atoms with van der Waals surface area (Å²) in [7, 11) is 0. The van der Waals surface area contributed by atoms with Crippen LogP contribution in [-0.2, 0) is 22.6 Å². The first-order valence-corrected chi connectivity index (χ1v) is 9.88. The van der Waals surface area contributed by atoms with Crippen LogP contribution in [0.15, 0.2) is 24.3 Å². The van der Waals surface area contributed by atoms with Crippen LogP contribution in [-0.4, -0.2) is 52.4 Å². The highest BCUT2D eigenvalue weighted by Gasteiger charge is 2.39. The molecule has 2 saturated heterocycles. The molecule has 0 spiro atoms. The SMILES string of the molecule is CCCCN1C(=O)CC[C@H]2CN(C(=O)Cc3ccc(CO)cc3)CC[C@H]21. The second-order valence-corrected chi connectivity index (χ2v) is 7.59. The number of fused-ring (bicyclic) bond motifs is 1. The molecule has 26 heavy (non-hydrogen) atoms. The van der Waals surface area contributed by atoms with Gasteiger partial charge in [0.2, 0.25) is 11.8 Å². The lowest BCUT2D eigenvalue weighted by Gasteiger charge is -2.47. The van der Waals surface area contributed by atoms with E-state index in [1.807, 2.05) is 29.2 Å². The van der Waals surface area contributed by atoms with Gasteiger partial charge in [-0.15, -0.1) is 0 Å². The zero-order chi connectivity index (χ0) is 18.5. The molecule has 5 nitrogen and oxygen atoms in total. The number of amides is 2. The molecule has 2 amide bonds. The summed E-state index contributed by atoms with van der Waals surface area (Å²) < 4.78 is 0. The molecule has 142 valence electrons. The third kappa shape index (κ3) is 4.26. The van der Waals surface area contributed by atoms with Gasteiger partial charge >= 0.3 is 0 Å². The fourth-order valence-corrected chi connectivity index (χ4v) is 4.25. The van der Waals surface area contributed by atoms with Gasteiger partial charge in [0.15, 0.2) is 0 Å². The summed E-state index contributed by atoms with van der Waals surface area (Å²) in [5, 5.41) is 9.12. The van der Waals surface area contributed by atoms with Gasteiger partial charge in [0, 0.05) is 32.1 Å². The van der Waals surface area contributed by atoms with E-state index in [4.69, 9.17) is 5.11 Å². The zero-order valence-corrected chi connectivity index (χ0v) is 15.7. The highest BCUT2D eigenvalue weighted by Crippen LogP contribution is 2.31. The van der Waals surface area contributed by atoms with Gasteiger partial charge in [-0.1, -0.05) is 37.6 Å². The molecular formula is C21H30N2O3. The Kier molecular flexibility index (Phi) is 6.30. The Morgan fingerprint density at radius 3 is 2.62 bits per heavy atom. The van der Waals surface area contributed by atoms with Gasteiger partial charge < -0.3 is 14.9 Å². The van der Waals surface area contributed by atoms with Gasteiger partial charge in [-0.05, 0) is 36.3 Å². The van der Waals surface area contributed by atoms with Crippen LogP contribution in [0.25, 0.3) is 0 Å². The minimum atomic E-state index is 0.0245. The highest BCUT2D eigenvalue weighted by atomic mass is 16.3. The number of piperidine rings is 2. The summed E-state index contributed by atoms with van der Waals surface area (Å²) in [6.45, 7) is 4.55. The second kappa shape index (κ2) is 8.67. The largest absolute Gasteiger partial charge is 0.392 e. The number of carbonyl (C=O) groups is 2. The maximum Gasteiger partial charge on any atom is 0.227 e. The molecule has 2 aliphatic heterocycles. The van der Waals surface area contributed by atoms with Crippen molar-refractivity contribution in [3.8, 4) is 0 Å². The molecule has 0 unspecified atom stereocenters. The highest BCUT2D eigenvalue weighted by molar-refractivity contribution is 5.80. The minimum Gasteiger partial charge on any atom is -0.392 e. The fraction of sp³-hybridized carbons (Fsp3) is 0.619. The van der Waals surface area contributed by atoms with Crippen LogP contribution in [0, 0.1) is 5.92 Å². The molecule has 2 atom stereocenters. The Morgan fingerprint density at radius 1 is 1.19 bits per heavy atom. The van der Waals surface area contributed by atoms with Gasteiger partial charge in [-0.25, -0.2) is 0 Å². The lowest BCUT2D eigenvalue weighted by Crippen LogP contribution is -2.57. The topological polar surface area (TPSA) is 60.9 Å². The van der Waals surface area contributed by atoms with E-state index in [0.29, 0.717) is 30.7 Å². The molecule has 0 aromatic heterocycles. The summed E-state index contributed by atoms with van der Waals surface area (Å²) in [6, 6.07) is 7.89. The van der Waals surface area contributed by atoms with Gasteiger partial charge in [-0.2, -0.15) is 0 Å². The Bertz CT molecular complexity index is 629. The van der Waals surface area contributed by atoms with E-state index in [2.05, 4.69) is 11.8 Å². The molecule has 1 aromatic carbocycles. The summed E-state index contributed by atoms with van der Waals surface area (Å²) in [4.78, 5) is 29.1. The van der Waals surface area contributed by atoms with Gasteiger partial charge in [0.25, 0.3) is 0 Å². The maximum atomic E-state index is 12.7. The predicted molar refractivity (Wildman–Crippen MR) is 100 cm³/mol. The zero-order valence-electron chi connectivity index (χ0n) is 15.7. The first-order valence-electron chi connectivity index (χ1n) is 9.88. The molecule has 0 radical (unpaired) electrons. The number of hydrogen-bond donors (Lipinski definition) is 1. The second-order valence-electron chi connectivity index (χ2n) is 7.59. The molecule has 5 heteroatoms. The molecule has 2 aliphatic rings. The Morgan fingerprint density at radius 2 is 1.92 bits per heavy atom. The standard InChI is InChI=1S/C21H30N2O3/c1-2-3-11-23-19-10-12-22(14-18(19)8-9-20(23)25)21(26)13-16-4-6-17(15-24)7-5-16/h4-7,18-19,24H,2-3,8-15H2,1H3/t18-,19+/m0/s1. The number of hydrogen-bond acceptors (Lipinski definition) is 3. The predicted octanol–water partition coefficient (Wildman–Crippen LogP) is 2.36. The summed E-state index contributed by atoms with van der Waals surface area (Å²) in [6.07, 6.45) is 4.98. The van der Waals surface area contributed by atoms with Crippen molar-refractivity contribution in [3.63, 3.8) is 0 Å². The molecule has 3 rings (SSSR count). The number of rotatable bonds is 6. The molecule has 2 heterocycles. The monoisotopic (exact) mass is 358 g/mol. The van der Waals surface area contributed by atoms with Crippen molar-refractivity contribution in [2.45, 2.75) is 58.1 Å². The number of aliphatic hydroxyl groups is 1. The average Bonchev–Trinajstić information content (AvgIpc) is 2.67. The van der Waals surface area contributed by atoms with E-state index in [0.717, 1.165) is 56.4 Å². The number of likely N-dealkylation sites (tertiary alicyclic amines) is 2. The lowest BCUT2D eigenvalue weighted by atomic mass is 9.83. The van der Waals surface area contributed by atoms with E-state index in [-0.39, 0.29) is 12.5 Å². The molecular weight excluding hydrogens is 328 g/mol. The molecule has 0 aliphatic carbocycles. The van der Waals surface area contributed by atoms with Crippen LogP contribution in [0.3, 0.4) is 0 Å². The van der Waals surface area contributed by atoms with Crippen LogP contribution in [0.5, 0.6) is 0 Å². The smallest absolute Gasteiger partial charge is 0.227 e. The number of nitrogens with zero attached hydrogens (tertiary/aromatic N) is 2. The van der Waals surface area contributed by atoms with Crippen molar-refractivity contribution in [2.75, 3.05) is 19.6 Å². The number of unbranched alkanes of at least 4 members (excludes halogenated alkanes) is 1. The first-order chi connectivity index (χ1) is 12.6. The Labute approximate surface area is 156 Å². The van der Waals surface area contributed by atoms with E-state index in [9.17, 15) is 9.59 Å². The first kappa shape index (κ1) is 18.9. The van der Waals surface area contributed by atoms with Crippen molar-refractivity contribution in [2.24, 2.45) is 5.92 Å². The fourth-order valence-electron chi connectivity index (χ4n) is 4.25. The molecule has 1 aromatic rings. The average molecular weight is 358 g/mol. The summed E-state index contributed by atoms with van der Waals surface area (Å²) in [5.41, 5.74) is 1.85. The summed E-state index contributed by atoms with van der Waals surface area (Å²) in [5.74, 6) is 0.875. The van der Waals surface area contributed by atoms with Crippen molar-refractivity contribution in [1.82, 2.24) is 9.80 Å². The normalized spacial score (nSPS) is 23.1. The van der Waals surface area contributed by atoms with E-state index < -0.39 is 0 Å². The number of benzene rings is 1. The minimum absolute atomic E-state index is 0.0245. The molecule has 0 bridgehead atoms. The van der Waals surface area contributed by atoms with Crippen molar-refractivity contribution in [1.29, 1.82) is 0 Å². The Hall–Kier alpha value is -1.88. The van der Waals surface area contributed by atoms with Crippen molar-refractivity contribution in [3.05, 3.63) is 35.4 Å². The quantitative estimate of drug-likeness (QED) is 0.849. The number of aliphatic hydroxyl groups excluding tert-OH is 1. The third-order valence-corrected chi connectivity index (χ3v) is 5.81. The van der Waals surface area contributed by atoms with Gasteiger partial charge in [-0.3, -0.25) is 9.59 Å². The van der Waals surface area contributed by atoms with E-state index >= 15 is 0 Å². The van der Waals surface area contributed by atoms with Crippen LogP contribution in [0.1, 0.15) is 50.2 Å². The number of carbonyl (C=O) groups excluding carboxylic acids is 2.